The first-order chi connectivity index (χ1) is 13.9. The molecular weight excluding hydrogens is 390 g/mol. The Morgan fingerprint density at radius 2 is 1.86 bits per heavy atom. The molecule has 2 aromatic carbocycles. The van der Waals surface area contributed by atoms with Gasteiger partial charge in [-0.2, -0.15) is 12.7 Å². The summed E-state index contributed by atoms with van der Waals surface area (Å²) in [6.45, 7) is 0.265. The van der Waals surface area contributed by atoms with Crippen LogP contribution in [0.25, 0.3) is 22.0 Å². The number of ether oxygens (including phenoxy) is 2. The summed E-state index contributed by atoms with van der Waals surface area (Å²) in [6, 6.07) is 13.5. The van der Waals surface area contributed by atoms with E-state index in [2.05, 4.69) is 4.98 Å². The van der Waals surface area contributed by atoms with Gasteiger partial charge in [0.1, 0.15) is 0 Å². The van der Waals surface area contributed by atoms with Crippen molar-refractivity contribution < 1.29 is 17.9 Å². The zero-order chi connectivity index (χ0) is 20.6. The maximum Gasteiger partial charge on any atom is 0.277 e. The number of aromatic nitrogens is 1. The maximum absolute atomic E-state index is 11.9. The first-order valence-electron chi connectivity index (χ1n) is 9.31. The molecule has 0 spiro atoms. The molecule has 1 heterocycles. The normalized spacial score (nSPS) is 14.3. The van der Waals surface area contributed by atoms with Crippen LogP contribution in [0.5, 0.6) is 11.5 Å². The summed E-state index contributed by atoms with van der Waals surface area (Å²) < 4.78 is 36.3. The Bertz CT molecular complexity index is 1140. The lowest BCUT2D eigenvalue weighted by molar-refractivity contribution is 0.357. The lowest BCUT2D eigenvalue weighted by atomic mass is 9.97. The lowest BCUT2D eigenvalue weighted by Gasteiger charge is -2.19. The summed E-state index contributed by atoms with van der Waals surface area (Å²) in [4.78, 5) is 4.44. The lowest BCUT2D eigenvalue weighted by Crippen LogP contribution is -2.37. The highest BCUT2D eigenvalue weighted by Gasteiger charge is 2.35. The van der Waals surface area contributed by atoms with Gasteiger partial charge in [-0.15, -0.1) is 0 Å². The smallest absolute Gasteiger partial charge is 0.277 e. The fraction of sp³-hybridized carbons (Fsp3) is 0.286. The Morgan fingerprint density at radius 1 is 1.14 bits per heavy atom. The highest BCUT2D eigenvalue weighted by Crippen LogP contribution is 2.43. The second-order valence-electron chi connectivity index (χ2n) is 7.08. The Hall–Kier alpha value is -2.68. The van der Waals surface area contributed by atoms with Crippen molar-refractivity contribution in [3.05, 3.63) is 54.2 Å². The summed E-state index contributed by atoms with van der Waals surface area (Å²) in [7, 11) is -0.517. The van der Waals surface area contributed by atoms with E-state index < -0.39 is 10.2 Å². The number of benzene rings is 2. The number of rotatable bonds is 7. The van der Waals surface area contributed by atoms with Crippen LogP contribution in [-0.2, 0) is 16.8 Å². The van der Waals surface area contributed by atoms with E-state index in [9.17, 15) is 8.42 Å². The topological polar surface area (TPSA) is 94.7 Å². The highest BCUT2D eigenvalue weighted by molar-refractivity contribution is 7.86. The van der Waals surface area contributed by atoms with E-state index in [0.717, 1.165) is 40.4 Å². The summed E-state index contributed by atoms with van der Waals surface area (Å²) in [5.74, 6) is 1.23. The van der Waals surface area contributed by atoms with Crippen LogP contribution < -0.4 is 14.6 Å². The van der Waals surface area contributed by atoms with Gasteiger partial charge in [0, 0.05) is 35.8 Å². The Kier molecular flexibility index (Phi) is 5.16. The highest BCUT2D eigenvalue weighted by atomic mass is 32.2. The molecule has 1 aromatic heterocycles. The molecule has 0 saturated heterocycles. The van der Waals surface area contributed by atoms with Gasteiger partial charge in [-0.3, -0.25) is 4.98 Å². The number of pyridine rings is 1. The van der Waals surface area contributed by atoms with Gasteiger partial charge >= 0.3 is 0 Å². The average molecular weight is 413 g/mol. The molecule has 1 aliphatic carbocycles. The molecule has 29 heavy (non-hydrogen) atoms. The van der Waals surface area contributed by atoms with E-state index in [4.69, 9.17) is 14.6 Å². The number of fused-ring (bicyclic) bond motifs is 1. The van der Waals surface area contributed by atoms with Crippen molar-refractivity contribution in [2.24, 2.45) is 5.14 Å². The largest absolute Gasteiger partial charge is 0.493 e. The fourth-order valence-electron chi connectivity index (χ4n) is 3.57. The van der Waals surface area contributed by atoms with Crippen molar-refractivity contribution in [1.29, 1.82) is 0 Å². The maximum atomic E-state index is 11.9. The molecule has 1 fully saturated rings. The molecule has 2 N–H and O–H groups in total. The van der Waals surface area contributed by atoms with Gasteiger partial charge < -0.3 is 9.47 Å². The van der Waals surface area contributed by atoms with Crippen LogP contribution in [0, 0.1) is 0 Å². The zero-order valence-electron chi connectivity index (χ0n) is 16.3. The van der Waals surface area contributed by atoms with E-state index in [0.29, 0.717) is 11.5 Å². The number of nitrogens with two attached hydrogens (primary N) is 1. The molecule has 0 aliphatic heterocycles. The average Bonchev–Trinajstić information content (AvgIpc) is 3.55. The molecular formula is C21H23N3O4S. The van der Waals surface area contributed by atoms with Crippen molar-refractivity contribution in [2.75, 3.05) is 14.2 Å². The van der Waals surface area contributed by atoms with Crippen LogP contribution in [0.2, 0.25) is 0 Å². The minimum atomic E-state index is -3.72. The number of hydrogen-bond acceptors (Lipinski definition) is 5. The van der Waals surface area contributed by atoms with Gasteiger partial charge in [-0.25, -0.2) is 5.14 Å². The first-order valence-corrected chi connectivity index (χ1v) is 10.8. The van der Waals surface area contributed by atoms with Gasteiger partial charge in [0.05, 0.1) is 19.7 Å². The molecule has 0 atom stereocenters. The third kappa shape index (κ3) is 3.91. The van der Waals surface area contributed by atoms with E-state index in [1.807, 2.05) is 42.5 Å². The standard InChI is InChI=1S/C21H23N3O4S/c1-27-19-12-18-17(4-3-11-23-18)20(21(19)28-2)15-7-5-14(6-8-15)13-24(16-9-10-16)29(22,25)26/h3-8,11-12,16H,9-10,13H2,1-2H3,(H2,22,25,26). The van der Waals surface area contributed by atoms with Crippen LogP contribution in [-0.4, -0.2) is 38.0 Å². The summed E-state index contributed by atoms with van der Waals surface area (Å²) in [5.41, 5.74) is 3.49. The second-order valence-corrected chi connectivity index (χ2v) is 8.57. The summed E-state index contributed by atoms with van der Waals surface area (Å²) >= 11 is 0. The second kappa shape index (κ2) is 7.62. The molecule has 0 unspecified atom stereocenters. The predicted octanol–water partition coefficient (Wildman–Crippen LogP) is 3.09. The van der Waals surface area contributed by atoms with Crippen LogP contribution in [0.4, 0.5) is 0 Å². The van der Waals surface area contributed by atoms with Gasteiger partial charge in [-0.05, 0) is 30.0 Å². The quantitative estimate of drug-likeness (QED) is 0.642. The van der Waals surface area contributed by atoms with Crippen molar-refractivity contribution in [3.8, 4) is 22.6 Å². The van der Waals surface area contributed by atoms with Crippen LogP contribution >= 0.6 is 0 Å². The molecule has 152 valence electrons. The van der Waals surface area contributed by atoms with E-state index in [-0.39, 0.29) is 12.6 Å². The van der Waals surface area contributed by atoms with Crippen LogP contribution in [0.15, 0.2) is 48.7 Å². The van der Waals surface area contributed by atoms with Gasteiger partial charge in [0.15, 0.2) is 11.5 Å². The van der Waals surface area contributed by atoms with Gasteiger partial charge in [0.25, 0.3) is 10.2 Å². The number of nitrogens with zero attached hydrogens (tertiary/aromatic N) is 2. The Morgan fingerprint density at radius 3 is 2.45 bits per heavy atom. The van der Waals surface area contributed by atoms with Crippen molar-refractivity contribution >= 4 is 21.1 Å². The minimum absolute atomic E-state index is 0.0122. The van der Waals surface area contributed by atoms with E-state index in [1.165, 1.54) is 4.31 Å². The minimum Gasteiger partial charge on any atom is -0.493 e. The van der Waals surface area contributed by atoms with Crippen molar-refractivity contribution in [1.82, 2.24) is 9.29 Å². The molecule has 1 saturated carbocycles. The van der Waals surface area contributed by atoms with Crippen molar-refractivity contribution in [2.45, 2.75) is 25.4 Å². The summed E-state index contributed by atoms with van der Waals surface area (Å²) in [5, 5.41) is 6.33. The number of methoxy groups -OCH3 is 2. The monoisotopic (exact) mass is 413 g/mol. The van der Waals surface area contributed by atoms with Crippen LogP contribution in [0.3, 0.4) is 0 Å². The van der Waals surface area contributed by atoms with Crippen LogP contribution in [0.1, 0.15) is 18.4 Å². The molecule has 0 bridgehead atoms. The third-order valence-corrected chi connectivity index (χ3v) is 6.19. The third-order valence-electron chi connectivity index (χ3n) is 5.11. The van der Waals surface area contributed by atoms with E-state index in [1.54, 1.807) is 20.4 Å². The molecule has 0 radical (unpaired) electrons. The van der Waals surface area contributed by atoms with Gasteiger partial charge in [0.2, 0.25) is 0 Å². The van der Waals surface area contributed by atoms with E-state index >= 15 is 0 Å². The molecule has 3 aromatic rings. The van der Waals surface area contributed by atoms with Crippen molar-refractivity contribution in [3.63, 3.8) is 0 Å². The molecule has 1 aliphatic rings. The Labute approximate surface area is 170 Å². The number of hydrogen-bond donors (Lipinski definition) is 1. The Balaban J connectivity index is 1.75. The molecule has 8 heteroatoms. The molecule has 7 nitrogen and oxygen atoms in total. The summed E-state index contributed by atoms with van der Waals surface area (Å²) in [6.07, 6.45) is 3.45. The zero-order valence-corrected chi connectivity index (χ0v) is 17.1. The predicted molar refractivity (Wildman–Crippen MR) is 112 cm³/mol. The SMILES string of the molecule is COc1cc2ncccc2c(-c2ccc(CN(C3CC3)S(N)(=O)=O)cc2)c1OC. The van der Waals surface area contributed by atoms with Gasteiger partial charge in [-0.1, -0.05) is 30.3 Å². The molecule has 0 amide bonds. The molecule has 4 rings (SSSR count). The fourth-order valence-corrected chi connectivity index (χ4v) is 4.52. The first kappa shape index (κ1) is 19.6.